The highest BCUT2D eigenvalue weighted by molar-refractivity contribution is 9.10. The van der Waals surface area contributed by atoms with Crippen molar-refractivity contribution in [3.63, 3.8) is 0 Å². The number of hydrogen-bond acceptors (Lipinski definition) is 4. The lowest BCUT2D eigenvalue weighted by Crippen LogP contribution is -2.14. The summed E-state index contributed by atoms with van der Waals surface area (Å²) in [6.45, 7) is 0. The molecule has 2 aromatic heterocycles. The Hall–Kier alpha value is -2.73. The van der Waals surface area contributed by atoms with Gasteiger partial charge in [-0.2, -0.15) is 0 Å². The molecule has 0 saturated carbocycles. The summed E-state index contributed by atoms with van der Waals surface area (Å²) in [6.07, 6.45) is 6.86. The van der Waals surface area contributed by atoms with Crippen molar-refractivity contribution in [2.24, 2.45) is 0 Å². The Morgan fingerprint density at radius 1 is 1.04 bits per heavy atom. The third-order valence-corrected chi connectivity index (χ3v) is 3.98. The molecule has 0 atom stereocenters. The topological polar surface area (TPSA) is 58.1 Å². The number of nitrogens with zero attached hydrogens (tertiary/aromatic N) is 3. The molecule has 0 radical (unpaired) electrons. The number of benzene rings is 1. The van der Waals surface area contributed by atoms with E-state index in [9.17, 15) is 4.79 Å². The minimum atomic E-state index is -0.181. The first-order valence-corrected chi connectivity index (χ1v) is 8.08. The van der Waals surface area contributed by atoms with E-state index >= 15 is 0 Å². The molecule has 1 N–H and O–H groups in total. The average Bonchev–Trinajstić information content (AvgIpc) is 2.62. The molecule has 0 aliphatic rings. The fraction of sp³-hybridized carbons (Fsp3) is 0.0556. The third kappa shape index (κ3) is 3.78. The highest BCUT2D eigenvalue weighted by Gasteiger charge is 2.09. The van der Waals surface area contributed by atoms with Crippen LogP contribution in [0.25, 0.3) is 0 Å². The van der Waals surface area contributed by atoms with Crippen LogP contribution >= 0.6 is 15.9 Å². The number of halogens is 1. The second-order valence-electron chi connectivity index (χ2n) is 5.17. The number of carbonyl (C=O) groups excluding carboxylic acids is 1. The van der Waals surface area contributed by atoms with Crippen molar-refractivity contribution < 1.29 is 4.79 Å². The van der Waals surface area contributed by atoms with Crippen LogP contribution < -0.4 is 10.2 Å². The lowest BCUT2D eigenvalue weighted by molar-refractivity contribution is 0.102. The standard InChI is InChI=1S/C18H15BrN4O/c1-23(16-6-3-7-20-11-16)17-9-15(10-21-12-17)22-18(24)13-4-2-5-14(19)8-13/h2-12H,1H3,(H,22,24). The van der Waals surface area contributed by atoms with E-state index in [-0.39, 0.29) is 5.91 Å². The smallest absolute Gasteiger partial charge is 0.255 e. The lowest BCUT2D eigenvalue weighted by atomic mass is 10.2. The minimum Gasteiger partial charge on any atom is -0.342 e. The molecule has 0 spiro atoms. The van der Waals surface area contributed by atoms with E-state index < -0.39 is 0 Å². The summed E-state index contributed by atoms with van der Waals surface area (Å²) in [5, 5.41) is 2.87. The molecule has 3 aromatic rings. The second-order valence-corrected chi connectivity index (χ2v) is 6.08. The molecule has 0 fully saturated rings. The quantitative estimate of drug-likeness (QED) is 0.732. The van der Waals surface area contributed by atoms with Gasteiger partial charge < -0.3 is 10.2 Å². The van der Waals surface area contributed by atoms with Gasteiger partial charge in [0.2, 0.25) is 0 Å². The number of pyridine rings is 2. The number of nitrogens with one attached hydrogen (secondary N) is 1. The second kappa shape index (κ2) is 7.23. The van der Waals surface area contributed by atoms with Crippen molar-refractivity contribution in [1.82, 2.24) is 9.97 Å². The number of aromatic nitrogens is 2. The van der Waals surface area contributed by atoms with Crippen LogP contribution in [0.3, 0.4) is 0 Å². The van der Waals surface area contributed by atoms with Crippen molar-refractivity contribution in [2.45, 2.75) is 0 Å². The van der Waals surface area contributed by atoms with Gasteiger partial charge in [0.15, 0.2) is 0 Å². The Morgan fingerprint density at radius 3 is 2.62 bits per heavy atom. The van der Waals surface area contributed by atoms with Crippen LogP contribution in [0.2, 0.25) is 0 Å². The van der Waals surface area contributed by atoms with Crippen molar-refractivity contribution in [2.75, 3.05) is 17.3 Å². The van der Waals surface area contributed by atoms with Gasteiger partial charge in [-0.25, -0.2) is 0 Å². The lowest BCUT2D eigenvalue weighted by Gasteiger charge is -2.19. The molecule has 6 heteroatoms. The number of amides is 1. The molecular formula is C18H15BrN4O. The van der Waals surface area contributed by atoms with E-state index in [2.05, 4.69) is 31.2 Å². The van der Waals surface area contributed by atoms with Gasteiger partial charge in [-0.3, -0.25) is 14.8 Å². The number of anilines is 3. The molecule has 1 amide bonds. The van der Waals surface area contributed by atoms with E-state index in [4.69, 9.17) is 0 Å². The van der Waals surface area contributed by atoms with Gasteiger partial charge in [0, 0.05) is 23.3 Å². The van der Waals surface area contributed by atoms with Gasteiger partial charge in [-0.05, 0) is 36.4 Å². The first-order chi connectivity index (χ1) is 11.6. The number of hydrogen-bond donors (Lipinski definition) is 1. The zero-order valence-corrected chi connectivity index (χ0v) is 14.6. The Morgan fingerprint density at radius 2 is 1.88 bits per heavy atom. The van der Waals surface area contributed by atoms with Crippen molar-refractivity contribution in [1.29, 1.82) is 0 Å². The van der Waals surface area contributed by atoms with Gasteiger partial charge in [0.1, 0.15) is 0 Å². The maximum absolute atomic E-state index is 12.3. The van der Waals surface area contributed by atoms with Crippen LogP contribution in [0.5, 0.6) is 0 Å². The summed E-state index contributed by atoms with van der Waals surface area (Å²) >= 11 is 3.37. The van der Waals surface area contributed by atoms with Gasteiger partial charge in [0.05, 0.1) is 35.7 Å². The van der Waals surface area contributed by atoms with Crippen LogP contribution in [-0.2, 0) is 0 Å². The Bertz CT molecular complexity index is 854. The van der Waals surface area contributed by atoms with Crippen LogP contribution in [-0.4, -0.2) is 22.9 Å². The van der Waals surface area contributed by atoms with Crippen molar-refractivity contribution >= 4 is 38.9 Å². The monoisotopic (exact) mass is 382 g/mol. The fourth-order valence-corrected chi connectivity index (χ4v) is 2.61. The van der Waals surface area contributed by atoms with Crippen LogP contribution in [0, 0.1) is 0 Å². The van der Waals surface area contributed by atoms with E-state index in [1.165, 1.54) is 0 Å². The molecule has 2 heterocycles. The van der Waals surface area contributed by atoms with Gasteiger partial charge in [-0.15, -0.1) is 0 Å². The Kier molecular flexibility index (Phi) is 4.86. The first kappa shape index (κ1) is 16.1. The Balaban J connectivity index is 1.79. The number of rotatable bonds is 4. The first-order valence-electron chi connectivity index (χ1n) is 7.29. The van der Waals surface area contributed by atoms with E-state index in [1.807, 2.05) is 42.3 Å². The summed E-state index contributed by atoms with van der Waals surface area (Å²) in [7, 11) is 1.92. The molecule has 5 nitrogen and oxygen atoms in total. The summed E-state index contributed by atoms with van der Waals surface area (Å²) in [6, 6.07) is 12.9. The minimum absolute atomic E-state index is 0.181. The predicted molar refractivity (Wildman–Crippen MR) is 98.6 cm³/mol. The molecule has 3 rings (SSSR count). The van der Waals surface area contributed by atoms with Gasteiger partial charge >= 0.3 is 0 Å². The fourth-order valence-electron chi connectivity index (χ4n) is 2.21. The van der Waals surface area contributed by atoms with Crippen LogP contribution in [0.1, 0.15) is 10.4 Å². The van der Waals surface area contributed by atoms with Gasteiger partial charge in [-0.1, -0.05) is 22.0 Å². The van der Waals surface area contributed by atoms with E-state index in [0.29, 0.717) is 11.3 Å². The molecule has 120 valence electrons. The molecule has 0 saturated heterocycles. The zero-order chi connectivity index (χ0) is 16.9. The van der Waals surface area contributed by atoms with E-state index in [0.717, 1.165) is 15.8 Å². The molecule has 0 bridgehead atoms. The summed E-state index contributed by atoms with van der Waals surface area (Å²) in [5.41, 5.74) is 3.01. The largest absolute Gasteiger partial charge is 0.342 e. The SMILES string of the molecule is CN(c1cccnc1)c1cncc(NC(=O)c2cccc(Br)c2)c1. The molecule has 0 aliphatic heterocycles. The average molecular weight is 383 g/mol. The Labute approximate surface area is 148 Å². The normalized spacial score (nSPS) is 10.2. The summed E-state index contributed by atoms with van der Waals surface area (Å²) in [4.78, 5) is 22.6. The molecular weight excluding hydrogens is 368 g/mol. The predicted octanol–water partition coefficient (Wildman–Crippen LogP) is 4.26. The van der Waals surface area contributed by atoms with Crippen molar-refractivity contribution in [3.05, 3.63) is 77.3 Å². The zero-order valence-electron chi connectivity index (χ0n) is 13.0. The summed E-state index contributed by atoms with van der Waals surface area (Å²) < 4.78 is 0.860. The highest BCUT2D eigenvalue weighted by atomic mass is 79.9. The van der Waals surface area contributed by atoms with Crippen LogP contribution in [0.15, 0.2) is 71.7 Å². The number of carbonyl (C=O) groups is 1. The third-order valence-electron chi connectivity index (χ3n) is 3.49. The molecule has 24 heavy (non-hydrogen) atoms. The van der Waals surface area contributed by atoms with Crippen molar-refractivity contribution in [3.8, 4) is 0 Å². The molecule has 1 aromatic carbocycles. The molecule has 0 unspecified atom stereocenters. The highest BCUT2D eigenvalue weighted by Crippen LogP contribution is 2.24. The van der Waals surface area contributed by atoms with E-state index in [1.54, 1.807) is 36.9 Å². The van der Waals surface area contributed by atoms with Gasteiger partial charge in [0.25, 0.3) is 5.91 Å². The maximum Gasteiger partial charge on any atom is 0.255 e. The van der Waals surface area contributed by atoms with Crippen LogP contribution in [0.4, 0.5) is 17.1 Å². The maximum atomic E-state index is 12.3. The molecule has 0 aliphatic carbocycles. The summed E-state index contributed by atoms with van der Waals surface area (Å²) in [5.74, 6) is -0.181.